The van der Waals surface area contributed by atoms with Crippen molar-refractivity contribution >= 4 is 23.3 Å². The van der Waals surface area contributed by atoms with Crippen molar-refractivity contribution in [2.75, 3.05) is 18.2 Å². The van der Waals surface area contributed by atoms with Crippen molar-refractivity contribution < 1.29 is 4.74 Å². The summed E-state index contributed by atoms with van der Waals surface area (Å²) < 4.78 is 5.67. The molecule has 1 aliphatic rings. The molecule has 0 amide bonds. The second-order valence-corrected chi connectivity index (χ2v) is 5.67. The van der Waals surface area contributed by atoms with E-state index in [0.717, 1.165) is 41.7 Å². The van der Waals surface area contributed by atoms with Gasteiger partial charge in [0, 0.05) is 5.56 Å². The average Bonchev–Trinajstić information content (AvgIpc) is 2.98. The summed E-state index contributed by atoms with van der Waals surface area (Å²) in [5.41, 5.74) is 3.39. The molecule has 4 nitrogen and oxygen atoms in total. The van der Waals surface area contributed by atoms with E-state index in [-0.39, 0.29) is 0 Å². The smallest absolute Gasteiger partial charge is 0.189 e. The number of anilines is 2. The number of fused-ring (bicyclic) bond motifs is 1. The highest BCUT2D eigenvalue weighted by atomic mass is 32.2. The molecule has 0 radical (unpaired) electrons. The molecule has 110 valence electrons. The predicted molar refractivity (Wildman–Crippen MR) is 86.7 cm³/mol. The maximum absolute atomic E-state index is 5.67. The van der Waals surface area contributed by atoms with Gasteiger partial charge in [-0.05, 0) is 44.6 Å². The van der Waals surface area contributed by atoms with Crippen LogP contribution in [0.25, 0.3) is 0 Å². The van der Waals surface area contributed by atoms with Gasteiger partial charge in [0.25, 0.3) is 0 Å². The Bertz CT molecular complexity index is 645. The molecule has 0 saturated carbocycles. The molecule has 0 fully saturated rings. The summed E-state index contributed by atoms with van der Waals surface area (Å²) in [6.07, 6.45) is 5.26. The average molecular weight is 301 g/mol. The summed E-state index contributed by atoms with van der Waals surface area (Å²) in [4.78, 5) is 9.26. The molecule has 2 aromatic rings. The number of aromatic nitrogens is 2. The molecule has 0 saturated heterocycles. The lowest BCUT2D eigenvalue weighted by Crippen LogP contribution is -2.04. The fraction of sp³-hybridized carbons (Fsp3) is 0.375. The van der Waals surface area contributed by atoms with E-state index in [1.807, 2.05) is 37.4 Å². The first kappa shape index (κ1) is 14.2. The summed E-state index contributed by atoms with van der Waals surface area (Å²) in [5.74, 6) is 1.78. The lowest BCUT2D eigenvalue weighted by atomic mass is 10.2. The number of nitrogens with zero attached hydrogens (tertiary/aromatic N) is 2. The Morgan fingerprint density at radius 3 is 2.90 bits per heavy atom. The van der Waals surface area contributed by atoms with Crippen molar-refractivity contribution in [2.24, 2.45) is 0 Å². The lowest BCUT2D eigenvalue weighted by molar-refractivity contribution is 0.342. The minimum absolute atomic E-state index is 0.649. The highest BCUT2D eigenvalue weighted by Crippen LogP contribution is 2.33. The van der Waals surface area contributed by atoms with Crippen LogP contribution in [0.4, 0.5) is 11.5 Å². The molecule has 0 atom stereocenters. The first-order valence-electron chi connectivity index (χ1n) is 7.24. The number of benzene rings is 1. The van der Waals surface area contributed by atoms with E-state index in [2.05, 4.69) is 15.3 Å². The number of hydrogen-bond acceptors (Lipinski definition) is 5. The van der Waals surface area contributed by atoms with Gasteiger partial charge in [-0.3, -0.25) is 0 Å². The van der Waals surface area contributed by atoms with Gasteiger partial charge >= 0.3 is 0 Å². The molecule has 3 rings (SSSR count). The summed E-state index contributed by atoms with van der Waals surface area (Å²) in [7, 11) is 0. The van der Waals surface area contributed by atoms with Gasteiger partial charge in [0.2, 0.25) is 0 Å². The standard InChI is InChI=1S/C16H19N3OS/c1-3-20-14-10-5-4-8-13(14)17-15-11-7-6-9-12(11)18-16(19-15)21-2/h4-5,8,10H,3,6-7,9H2,1-2H3,(H,17,18,19). The Morgan fingerprint density at radius 2 is 2.10 bits per heavy atom. The third-order valence-electron chi connectivity index (χ3n) is 3.54. The third-order valence-corrected chi connectivity index (χ3v) is 4.08. The first-order valence-corrected chi connectivity index (χ1v) is 8.47. The van der Waals surface area contributed by atoms with E-state index in [4.69, 9.17) is 4.74 Å². The summed E-state index contributed by atoms with van der Waals surface area (Å²) in [6, 6.07) is 7.98. The Labute approximate surface area is 129 Å². The molecule has 1 heterocycles. The van der Waals surface area contributed by atoms with Gasteiger partial charge in [-0.1, -0.05) is 23.9 Å². The number of aryl methyl sites for hydroxylation is 1. The van der Waals surface area contributed by atoms with E-state index in [0.29, 0.717) is 6.61 Å². The SMILES string of the molecule is CCOc1ccccc1Nc1nc(SC)nc2c1CCC2. The van der Waals surface area contributed by atoms with Crippen LogP contribution in [0.5, 0.6) is 5.75 Å². The topological polar surface area (TPSA) is 47.0 Å². The number of ether oxygens (including phenoxy) is 1. The fourth-order valence-corrected chi connectivity index (χ4v) is 2.97. The van der Waals surface area contributed by atoms with Crippen molar-refractivity contribution in [1.29, 1.82) is 0 Å². The van der Waals surface area contributed by atoms with Crippen LogP contribution in [-0.2, 0) is 12.8 Å². The molecule has 1 aliphatic carbocycles. The van der Waals surface area contributed by atoms with Crippen molar-refractivity contribution in [3.05, 3.63) is 35.5 Å². The molecule has 0 spiro atoms. The van der Waals surface area contributed by atoms with Gasteiger partial charge in [-0.25, -0.2) is 9.97 Å². The van der Waals surface area contributed by atoms with Gasteiger partial charge < -0.3 is 10.1 Å². The quantitative estimate of drug-likeness (QED) is 0.672. The first-order chi connectivity index (χ1) is 10.3. The van der Waals surface area contributed by atoms with Crippen molar-refractivity contribution in [1.82, 2.24) is 9.97 Å². The molecule has 0 unspecified atom stereocenters. The molecule has 21 heavy (non-hydrogen) atoms. The van der Waals surface area contributed by atoms with Crippen LogP contribution in [0.1, 0.15) is 24.6 Å². The van der Waals surface area contributed by atoms with Crippen LogP contribution in [0.2, 0.25) is 0 Å². The molecule has 0 aliphatic heterocycles. The zero-order valence-electron chi connectivity index (χ0n) is 12.3. The monoisotopic (exact) mass is 301 g/mol. The van der Waals surface area contributed by atoms with Crippen LogP contribution >= 0.6 is 11.8 Å². The van der Waals surface area contributed by atoms with Crippen molar-refractivity contribution in [3.8, 4) is 5.75 Å². The minimum atomic E-state index is 0.649. The van der Waals surface area contributed by atoms with Crippen LogP contribution in [0.15, 0.2) is 29.4 Å². The molecular formula is C16H19N3OS. The summed E-state index contributed by atoms with van der Waals surface area (Å²) in [5, 5.41) is 4.27. The normalized spacial score (nSPS) is 13.0. The molecule has 1 aromatic heterocycles. The minimum Gasteiger partial charge on any atom is -0.492 e. The van der Waals surface area contributed by atoms with Crippen LogP contribution in [-0.4, -0.2) is 22.8 Å². The number of thioether (sulfide) groups is 1. The van der Waals surface area contributed by atoms with E-state index in [1.165, 1.54) is 11.3 Å². The van der Waals surface area contributed by atoms with Crippen molar-refractivity contribution in [3.63, 3.8) is 0 Å². The number of nitrogens with one attached hydrogen (secondary N) is 1. The van der Waals surface area contributed by atoms with Crippen LogP contribution < -0.4 is 10.1 Å². The summed E-state index contributed by atoms with van der Waals surface area (Å²) in [6.45, 7) is 2.64. The zero-order valence-corrected chi connectivity index (χ0v) is 13.2. The van der Waals surface area contributed by atoms with Gasteiger partial charge in [0.1, 0.15) is 11.6 Å². The van der Waals surface area contributed by atoms with E-state index in [9.17, 15) is 0 Å². The van der Waals surface area contributed by atoms with E-state index >= 15 is 0 Å². The van der Waals surface area contributed by atoms with Gasteiger partial charge in [0.15, 0.2) is 5.16 Å². The van der Waals surface area contributed by atoms with Crippen LogP contribution in [0, 0.1) is 0 Å². The Balaban J connectivity index is 1.97. The number of rotatable bonds is 5. The second kappa shape index (κ2) is 6.35. The number of hydrogen-bond donors (Lipinski definition) is 1. The Hall–Kier alpha value is -1.75. The zero-order chi connectivity index (χ0) is 14.7. The second-order valence-electron chi connectivity index (χ2n) is 4.89. The van der Waals surface area contributed by atoms with Gasteiger partial charge in [-0.2, -0.15) is 0 Å². The maximum atomic E-state index is 5.67. The van der Waals surface area contributed by atoms with Gasteiger partial charge in [0.05, 0.1) is 18.0 Å². The Kier molecular flexibility index (Phi) is 4.29. The molecule has 0 bridgehead atoms. The predicted octanol–water partition coefficient (Wildman–Crippen LogP) is 3.83. The highest BCUT2D eigenvalue weighted by Gasteiger charge is 2.20. The molecule has 1 aromatic carbocycles. The van der Waals surface area contributed by atoms with Crippen molar-refractivity contribution in [2.45, 2.75) is 31.3 Å². The number of para-hydroxylation sites is 2. The van der Waals surface area contributed by atoms with E-state index < -0.39 is 0 Å². The van der Waals surface area contributed by atoms with E-state index in [1.54, 1.807) is 11.8 Å². The lowest BCUT2D eigenvalue weighted by Gasteiger charge is -2.14. The fourth-order valence-electron chi connectivity index (χ4n) is 2.58. The third kappa shape index (κ3) is 2.97. The Morgan fingerprint density at radius 1 is 1.24 bits per heavy atom. The largest absolute Gasteiger partial charge is 0.492 e. The summed E-state index contributed by atoms with van der Waals surface area (Å²) >= 11 is 1.58. The van der Waals surface area contributed by atoms with Gasteiger partial charge in [-0.15, -0.1) is 0 Å². The highest BCUT2D eigenvalue weighted by molar-refractivity contribution is 7.98. The maximum Gasteiger partial charge on any atom is 0.189 e. The van der Waals surface area contributed by atoms with Crippen LogP contribution in [0.3, 0.4) is 0 Å². The molecule has 1 N–H and O–H groups in total. The molecular weight excluding hydrogens is 282 g/mol. The molecule has 5 heteroatoms.